The van der Waals surface area contributed by atoms with Crippen LogP contribution in [-0.2, 0) is 0 Å². The molecule has 0 fully saturated rings. The molecule has 0 aliphatic heterocycles. The lowest BCUT2D eigenvalue weighted by molar-refractivity contribution is 1.18. The van der Waals surface area contributed by atoms with E-state index in [2.05, 4.69) is 264 Å². The minimum absolute atomic E-state index is 1.10. The Morgan fingerprint density at radius 3 is 1.23 bits per heavy atom. The van der Waals surface area contributed by atoms with Gasteiger partial charge in [-0.2, -0.15) is 0 Å². The van der Waals surface area contributed by atoms with Crippen LogP contribution in [0.4, 0.5) is 17.1 Å². The second-order valence-electron chi connectivity index (χ2n) is 15.6. The molecule has 11 rings (SSSR count). The molecule has 1 aromatic heterocycles. The Hall–Kier alpha value is -8.20. The summed E-state index contributed by atoms with van der Waals surface area (Å²) in [5.74, 6) is 0. The van der Waals surface area contributed by atoms with Crippen molar-refractivity contribution in [3.8, 4) is 61.3 Å². The first-order valence-corrected chi connectivity index (χ1v) is 21.3. The van der Waals surface area contributed by atoms with E-state index < -0.39 is 0 Å². The number of anilines is 3. The molecule has 0 saturated heterocycles. The number of hydrogen-bond acceptors (Lipinski definition) is 1. The summed E-state index contributed by atoms with van der Waals surface area (Å²) in [5, 5.41) is 2.39. The highest BCUT2D eigenvalue weighted by atomic mass is 15.2. The van der Waals surface area contributed by atoms with Gasteiger partial charge in [0.2, 0.25) is 0 Å². The largest absolute Gasteiger partial charge is 0.309 e. The van der Waals surface area contributed by atoms with Crippen LogP contribution >= 0.6 is 0 Å². The fourth-order valence-electron chi connectivity index (χ4n) is 9.26. The minimum Gasteiger partial charge on any atom is -0.309 e. The Kier molecular flexibility index (Phi) is 9.57. The Morgan fingerprint density at radius 1 is 0.242 bits per heavy atom. The first-order chi connectivity index (χ1) is 30.8. The molecule has 2 nitrogen and oxygen atoms in total. The van der Waals surface area contributed by atoms with Crippen LogP contribution in [0.2, 0.25) is 0 Å². The molecule has 0 N–H and O–H groups in total. The van der Waals surface area contributed by atoms with Gasteiger partial charge >= 0.3 is 0 Å². The highest BCUT2D eigenvalue weighted by molar-refractivity contribution is 6.17. The van der Waals surface area contributed by atoms with Crippen LogP contribution in [0.15, 0.2) is 255 Å². The van der Waals surface area contributed by atoms with E-state index in [1.165, 1.54) is 55.3 Å². The third kappa shape index (κ3) is 6.56. The van der Waals surface area contributed by atoms with Crippen molar-refractivity contribution in [3.05, 3.63) is 255 Å². The van der Waals surface area contributed by atoms with Crippen LogP contribution < -0.4 is 4.90 Å². The molecule has 0 amide bonds. The number of nitrogens with zero attached hydrogens (tertiary/aromatic N) is 2. The molecule has 0 saturated carbocycles. The quantitative estimate of drug-likeness (QED) is 0.141. The first kappa shape index (κ1) is 36.8. The summed E-state index contributed by atoms with van der Waals surface area (Å²) in [6, 6.07) is 92.1. The van der Waals surface area contributed by atoms with Gasteiger partial charge in [0.25, 0.3) is 0 Å². The van der Waals surface area contributed by atoms with Crippen LogP contribution in [0.3, 0.4) is 0 Å². The minimum atomic E-state index is 1.10. The summed E-state index contributed by atoms with van der Waals surface area (Å²) in [4.78, 5) is 2.50. The van der Waals surface area contributed by atoms with Crippen molar-refractivity contribution in [2.75, 3.05) is 4.90 Å². The van der Waals surface area contributed by atoms with Crippen molar-refractivity contribution >= 4 is 38.9 Å². The van der Waals surface area contributed by atoms with E-state index in [4.69, 9.17) is 0 Å². The van der Waals surface area contributed by atoms with Crippen molar-refractivity contribution in [3.63, 3.8) is 0 Å². The number of hydrogen-bond donors (Lipinski definition) is 0. The molecule has 292 valence electrons. The van der Waals surface area contributed by atoms with Gasteiger partial charge in [-0.25, -0.2) is 0 Å². The van der Waals surface area contributed by atoms with Gasteiger partial charge in [0.15, 0.2) is 0 Å². The molecule has 10 aromatic carbocycles. The second kappa shape index (κ2) is 16.1. The fourth-order valence-corrected chi connectivity index (χ4v) is 9.26. The molecule has 0 atom stereocenters. The molecule has 0 spiro atoms. The number of fused-ring (bicyclic) bond motifs is 3. The van der Waals surface area contributed by atoms with E-state index >= 15 is 0 Å². The third-order valence-corrected chi connectivity index (χ3v) is 12.0. The van der Waals surface area contributed by atoms with Crippen LogP contribution in [0.5, 0.6) is 0 Å². The van der Waals surface area contributed by atoms with Gasteiger partial charge in [0.05, 0.1) is 28.1 Å². The highest BCUT2D eigenvalue weighted by Gasteiger charge is 2.25. The van der Waals surface area contributed by atoms with E-state index in [1.807, 2.05) is 0 Å². The first-order valence-electron chi connectivity index (χ1n) is 21.3. The fraction of sp³-hybridized carbons (Fsp3) is 0. The van der Waals surface area contributed by atoms with Gasteiger partial charge in [-0.3, -0.25) is 0 Å². The van der Waals surface area contributed by atoms with Crippen molar-refractivity contribution in [2.45, 2.75) is 0 Å². The van der Waals surface area contributed by atoms with Crippen LogP contribution in [-0.4, -0.2) is 4.57 Å². The number of benzene rings is 10. The van der Waals surface area contributed by atoms with Crippen LogP contribution in [0.25, 0.3) is 83.1 Å². The Morgan fingerprint density at radius 2 is 0.629 bits per heavy atom. The van der Waals surface area contributed by atoms with Crippen molar-refractivity contribution < 1.29 is 0 Å². The normalized spacial score (nSPS) is 11.2. The molecule has 0 radical (unpaired) electrons. The molecule has 0 aliphatic rings. The summed E-state index contributed by atoms with van der Waals surface area (Å²) in [5.41, 5.74) is 18.6. The average Bonchev–Trinajstić information content (AvgIpc) is 3.70. The SMILES string of the molecule is c1ccc(-c2ccccc2-c2ccc(-n3c4ccccc4c4c(N(c5ccccc5-c5ccccc5)c5ccccc5-c5ccccc5-c5ccccc5)cccc43)cc2)cc1. The van der Waals surface area contributed by atoms with Crippen molar-refractivity contribution in [1.29, 1.82) is 0 Å². The highest BCUT2D eigenvalue weighted by Crippen LogP contribution is 2.50. The summed E-state index contributed by atoms with van der Waals surface area (Å²) < 4.78 is 2.43. The maximum Gasteiger partial charge on any atom is 0.0562 e. The molecule has 11 aromatic rings. The van der Waals surface area contributed by atoms with E-state index in [0.717, 1.165) is 44.9 Å². The topological polar surface area (TPSA) is 8.17 Å². The average molecular weight is 791 g/mol. The molecule has 0 bridgehead atoms. The standard InChI is InChI=1S/C60H42N2/c1-4-21-43(22-5-1)48-27-10-11-28-49(48)46-39-41-47(42-40-46)61-57-36-19-16-33-54(57)60-58(61)37-20-38-59(60)62(55-34-17-14-30-51(55)45-25-8-3-9-26-45)56-35-18-15-32-53(56)52-31-13-12-29-50(52)44-23-6-2-7-24-44/h1-42H. The maximum atomic E-state index is 2.50. The van der Waals surface area contributed by atoms with Crippen molar-refractivity contribution in [2.24, 2.45) is 0 Å². The predicted molar refractivity (Wildman–Crippen MR) is 263 cm³/mol. The van der Waals surface area contributed by atoms with E-state index in [1.54, 1.807) is 0 Å². The molecule has 62 heavy (non-hydrogen) atoms. The van der Waals surface area contributed by atoms with Gasteiger partial charge in [-0.1, -0.05) is 212 Å². The Balaban J connectivity index is 1.14. The molecule has 0 aliphatic carbocycles. The zero-order valence-electron chi connectivity index (χ0n) is 34.1. The summed E-state index contributed by atoms with van der Waals surface area (Å²) in [6.45, 7) is 0. The summed E-state index contributed by atoms with van der Waals surface area (Å²) >= 11 is 0. The number of aromatic nitrogens is 1. The van der Waals surface area contributed by atoms with Gasteiger partial charge in [-0.15, -0.1) is 0 Å². The Labute approximate surface area is 362 Å². The molecule has 0 unspecified atom stereocenters. The lowest BCUT2D eigenvalue weighted by atomic mass is 9.92. The molecular weight excluding hydrogens is 749 g/mol. The van der Waals surface area contributed by atoms with Gasteiger partial charge in [0, 0.05) is 27.6 Å². The van der Waals surface area contributed by atoms with E-state index in [0.29, 0.717) is 0 Å². The third-order valence-electron chi connectivity index (χ3n) is 12.0. The second-order valence-corrected chi connectivity index (χ2v) is 15.6. The van der Waals surface area contributed by atoms with Gasteiger partial charge in [0.1, 0.15) is 0 Å². The smallest absolute Gasteiger partial charge is 0.0562 e. The lowest BCUT2D eigenvalue weighted by Crippen LogP contribution is -2.13. The Bertz CT molecular complexity index is 3330. The summed E-state index contributed by atoms with van der Waals surface area (Å²) in [7, 11) is 0. The van der Waals surface area contributed by atoms with Crippen LogP contribution in [0, 0.1) is 0 Å². The maximum absolute atomic E-state index is 2.50. The van der Waals surface area contributed by atoms with Crippen molar-refractivity contribution in [1.82, 2.24) is 4.57 Å². The number of rotatable bonds is 9. The van der Waals surface area contributed by atoms with E-state index in [-0.39, 0.29) is 0 Å². The van der Waals surface area contributed by atoms with Gasteiger partial charge in [-0.05, 0) is 87.0 Å². The van der Waals surface area contributed by atoms with Crippen LogP contribution in [0.1, 0.15) is 0 Å². The van der Waals surface area contributed by atoms with E-state index in [9.17, 15) is 0 Å². The van der Waals surface area contributed by atoms with Gasteiger partial charge < -0.3 is 9.47 Å². The molecule has 2 heteroatoms. The monoisotopic (exact) mass is 790 g/mol. The molecular formula is C60H42N2. The zero-order valence-corrected chi connectivity index (χ0v) is 34.1. The molecule has 1 heterocycles. The number of para-hydroxylation sites is 3. The summed E-state index contributed by atoms with van der Waals surface area (Å²) in [6.07, 6.45) is 0. The zero-order chi connectivity index (χ0) is 41.2. The predicted octanol–water partition coefficient (Wildman–Crippen LogP) is 16.6. The lowest BCUT2D eigenvalue weighted by Gasteiger charge is -2.31.